The van der Waals surface area contributed by atoms with Crippen LogP contribution in [0.1, 0.15) is 18.2 Å². The van der Waals surface area contributed by atoms with Crippen LogP contribution < -0.4 is 0 Å². The maximum absolute atomic E-state index is 6.11. The van der Waals surface area contributed by atoms with Crippen molar-refractivity contribution in [1.29, 1.82) is 0 Å². The van der Waals surface area contributed by atoms with E-state index >= 15 is 0 Å². The molecule has 2 rings (SSSR count). The van der Waals surface area contributed by atoms with E-state index in [1.807, 2.05) is 6.92 Å². The minimum atomic E-state index is 0.454. The highest BCUT2D eigenvalue weighted by atomic mass is 35.5. The minimum absolute atomic E-state index is 0.454. The van der Waals surface area contributed by atoms with Crippen molar-refractivity contribution in [2.24, 2.45) is 0 Å². The van der Waals surface area contributed by atoms with Crippen molar-refractivity contribution in [1.82, 2.24) is 14.8 Å². The van der Waals surface area contributed by atoms with Crippen LogP contribution >= 0.6 is 11.6 Å². The normalized spacial score (nSPS) is 11.0. The molecule has 0 N–H and O–H groups in total. The fourth-order valence-electron chi connectivity index (χ4n) is 1.92. The molecule has 0 unspecified atom stereocenters. The quantitative estimate of drug-likeness (QED) is 0.748. The molecule has 0 aromatic carbocycles. The molecule has 0 atom stereocenters. The summed E-state index contributed by atoms with van der Waals surface area (Å²) in [6.45, 7) is 10.9. The molecule has 0 aliphatic carbocycles. The molecule has 4 heteroatoms. The molecule has 0 bridgehead atoms. The molecule has 2 heterocycles. The van der Waals surface area contributed by atoms with Gasteiger partial charge in [-0.25, -0.2) is 0 Å². The van der Waals surface area contributed by atoms with Gasteiger partial charge in [0.1, 0.15) is 0 Å². The topological polar surface area (TPSA) is 30.7 Å². The van der Waals surface area contributed by atoms with Crippen LogP contribution in [0.25, 0.3) is 10.9 Å². The van der Waals surface area contributed by atoms with Gasteiger partial charge < -0.3 is 4.57 Å². The molecule has 0 amide bonds. The zero-order valence-corrected chi connectivity index (χ0v) is 10.5. The van der Waals surface area contributed by atoms with Crippen molar-refractivity contribution in [3.63, 3.8) is 0 Å². The molecule has 2 aromatic rings. The summed E-state index contributed by atoms with van der Waals surface area (Å²) in [5.74, 6) is 0. The maximum Gasteiger partial charge on any atom is 0.175 e. The Kier molecular flexibility index (Phi) is 2.72. The van der Waals surface area contributed by atoms with Crippen molar-refractivity contribution in [3.8, 4) is 0 Å². The van der Waals surface area contributed by atoms with Crippen molar-refractivity contribution in [3.05, 3.63) is 34.8 Å². The number of nitrogens with zero attached hydrogens (tertiary/aromatic N) is 3. The molecule has 84 valence electrons. The van der Waals surface area contributed by atoms with Crippen LogP contribution in [0.2, 0.25) is 5.15 Å². The monoisotopic (exact) mass is 235 g/mol. The summed E-state index contributed by atoms with van der Waals surface area (Å²) in [4.78, 5) is 0. The van der Waals surface area contributed by atoms with Gasteiger partial charge in [0.2, 0.25) is 0 Å². The number of hydrogen-bond acceptors (Lipinski definition) is 2. The van der Waals surface area contributed by atoms with Crippen LogP contribution in [-0.4, -0.2) is 14.8 Å². The lowest BCUT2D eigenvalue weighted by atomic mass is 10.2. The highest BCUT2D eigenvalue weighted by Gasteiger charge is 2.14. The van der Waals surface area contributed by atoms with E-state index in [0.717, 1.165) is 23.0 Å². The maximum atomic E-state index is 6.11. The lowest BCUT2D eigenvalue weighted by Gasteiger charge is -2.08. The third-order valence-corrected chi connectivity index (χ3v) is 3.09. The van der Waals surface area contributed by atoms with Crippen LogP contribution in [0.3, 0.4) is 0 Å². The summed E-state index contributed by atoms with van der Waals surface area (Å²) in [5, 5.41) is 9.31. The predicted octanol–water partition coefficient (Wildman–Crippen LogP) is 3.28. The summed E-state index contributed by atoms with van der Waals surface area (Å²) in [7, 11) is 0. The van der Waals surface area contributed by atoms with Gasteiger partial charge in [0.15, 0.2) is 5.15 Å². The summed E-state index contributed by atoms with van der Waals surface area (Å²) in [5.41, 5.74) is 4.44. The van der Waals surface area contributed by atoms with Crippen molar-refractivity contribution >= 4 is 22.5 Å². The molecule has 16 heavy (non-hydrogen) atoms. The smallest absolute Gasteiger partial charge is 0.175 e. The van der Waals surface area contributed by atoms with E-state index in [2.05, 4.69) is 35.2 Å². The molecular formula is C12H14ClN3. The summed E-state index contributed by atoms with van der Waals surface area (Å²) >= 11 is 6.11. The van der Waals surface area contributed by atoms with Gasteiger partial charge in [0.25, 0.3) is 0 Å². The molecule has 0 radical (unpaired) electrons. The van der Waals surface area contributed by atoms with Gasteiger partial charge in [0, 0.05) is 17.6 Å². The Hall–Kier alpha value is -1.35. The third-order valence-electron chi connectivity index (χ3n) is 2.83. The van der Waals surface area contributed by atoms with E-state index in [0.29, 0.717) is 5.15 Å². The van der Waals surface area contributed by atoms with Crippen LogP contribution in [0.15, 0.2) is 18.3 Å². The molecule has 3 nitrogen and oxygen atoms in total. The van der Waals surface area contributed by atoms with E-state index in [1.54, 1.807) is 6.20 Å². The number of allylic oxidation sites excluding steroid dienone is 1. The first-order valence-electron chi connectivity index (χ1n) is 5.13. The SMILES string of the molecule is C=C(C)Cn1c(C)c(C)c2cnnc(Cl)c21. The fraction of sp³-hybridized carbons (Fsp3) is 0.333. The number of halogens is 1. The Labute approximate surface area is 99.7 Å². The van der Waals surface area contributed by atoms with E-state index in [1.165, 1.54) is 11.3 Å². The van der Waals surface area contributed by atoms with Gasteiger partial charge in [-0.1, -0.05) is 23.8 Å². The van der Waals surface area contributed by atoms with Crippen LogP contribution in [0.4, 0.5) is 0 Å². The van der Waals surface area contributed by atoms with Gasteiger partial charge in [-0.05, 0) is 26.3 Å². The molecule has 0 spiro atoms. The second kappa shape index (κ2) is 3.91. The van der Waals surface area contributed by atoms with Crippen LogP contribution in [-0.2, 0) is 6.54 Å². The molecule has 2 aromatic heterocycles. The standard InChI is InChI=1S/C12H14ClN3/c1-7(2)6-16-9(4)8(3)10-5-14-15-12(13)11(10)16/h5H,1,6H2,2-4H3. The first-order chi connectivity index (χ1) is 7.52. The van der Waals surface area contributed by atoms with Crippen LogP contribution in [0, 0.1) is 13.8 Å². The summed E-state index contributed by atoms with van der Waals surface area (Å²) in [6, 6.07) is 0. The molecule has 0 aliphatic heterocycles. The zero-order chi connectivity index (χ0) is 11.9. The Bertz CT molecular complexity index is 569. The largest absolute Gasteiger partial charge is 0.338 e. The number of hydrogen-bond donors (Lipinski definition) is 0. The van der Waals surface area contributed by atoms with Gasteiger partial charge >= 0.3 is 0 Å². The highest BCUT2D eigenvalue weighted by molar-refractivity contribution is 6.33. The Balaban J connectivity index is 2.80. The molecule has 0 fully saturated rings. The Morgan fingerprint density at radius 3 is 2.81 bits per heavy atom. The lowest BCUT2D eigenvalue weighted by molar-refractivity contribution is 0.786. The second-order valence-corrected chi connectivity index (χ2v) is 4.51. The molecule has 0 saturated heterocycles. The molecule has 0 aliphatic rings. The molecule has 0 saturated carbocycles. The minimum Gasteiger partial charge on any atom is -0.338 e. The van der Waals surface area contributed by atoms with Crippen molar-refractivity contribution in [2.75, 3.05) is 0 Å². The number of aromatic nitrogens is 3. The average Bonchev–Trinajstić information content (AvgIpc) is 2.45. The Morgan fingerprint density at radius 1 is 1.50 bits per heavy atom. The van der Waals surface area contributed by atoms with E-state index < -0.39 is 0 Å². The van der Waals surface area contributed by atoms with Gasteiger partial charge in [-0.15, -0.1) is 5.10 Å². The zero-order valence-electron chi connectivity index (χ0n) is 9.71. The second-order valence-electron chi connectivity index (χ2n) is 4.15. The summed E-state index contributed by atoms with van der Waals surface area (Å²) in [6.07, 6.45) is 1.76. The third kappa shape index (κ3) is 1.61. The number of fused-ring (bicyclic) bond motifs is 1. The first-order valence-corrected chi connectivity index (χ1v) is 5.51. The highest BCUT2D eigenvalue weighted by Crippen LogP contribution is 2.28. The van der Waals surface area contributed by atoms with E-state index in [9.17, 15) is 0 Å². The lowest BCUT2D eigenvalue weighted by Crippen LogP contribution is -2.01. The predicted molar refractivity (Wildman–Crippen MR) is 66.8 cm³/mol. The Morgan fingerprint density at radius 2 is 2.19 bits per heavy atom. The van der Waals surface area contributed by atoms with Gasteiger partial charge in [0.05, 0.1) is 11.7 Å². The number of rotatable bonds is 2. The fourth-order valence-corrected chi connectivity index (χ4v) is 2.17. The van der Waals surface area contributed by atoms with Crippen LogP contribution in [0.5, 0.6) is 0 Å². The average molecular weight is 236 g/mol. The van der Waals surface area contributed by atoms with Gasteiger partial charge in [-0.3, -0.25) is 0 Å². The van der Waals surface area contributed by atoms with Gasteiger partial charge in [-0.2, -0.15) is 5.10 Å². The number of aryl methyl sites for hydroxylation is 1. The summed E-state index contributed by atoms with van der Waals surface area (Å²) < 4.78 is 2.14. The van der Waals surface area contributed by atoms with E-state index in [4.69, 9.17) is 11.6 Å². The van der Waals surface area contributed by atoms with Crippen molar-refractivity contribution in [2.45, 2.75) is 27.3 Å². The molecular weight excluding hydrogens is 222 g/mol. The van der Waals surface area contributed by atoms with E-state index in [-0.39, 0.29) is 0 Å². The van der Waals surface area contributed by atoms with Crippen molar-refractivity contribution < 1.29 is 0 Å². The first kappa shape index (κ1) is 11.1.